The molecule has 0 radical (unpaired) electrons. The SMILES string of the molecule is OCc1sc(N2CCCCCC2)nc1Cl. The van der Waals surface area contributed by atoms with Crippen molar-refractivity contribution in [1.82, 2.24) is 4.98 Å². The molecule has 0 spiro atoms. The minimum Gasteiger partial charge on any atom is -0.391 e. The first-order chi connectivity index (χ1) is 7.31. The molecule has 84 valence electrons. The van der Waals surface area contributed by atoms with E-state index in [-0.39, 0.29) is 6.61 Å². The zero-order valence-corrected chi connectivity index (χ0v) is 10.2. The van der Waals surface area contributed by atoms with Crippen LogP contribution in [0.25, 0.3) is 0 Å². The van der Waals surface area contributed by atoms with Crippen molar-refractivity contribution in [3.63, 3.8) is 0 Å². The van der Waals surface area contributed by atoms with Crippen molar-refractivity contribution in [1.29, 1.82) is 0 Å². The Labute approximate surface area is 98.7 Å². The van der Waals surface area contributed by atoms with E-state index in [1.165, 1.54) is 37.0 Å². The van der Waals surface area contributed by atoms with Crippen LogP contribution in [0.3, 0.4) is 0 Å². The van der Waals surface area contributed by atoms with Gasteiger partial charge in [0.05, 0.1) is 11.5 Å². The van der Waals surface area contributed by atoms with Crippen molar-refractivity contribution < 1.29 is 5.11 Å². The Balaban J connectivity index is 2.12. The second-order valence-electron chi connectivity index (χ2n) is 3.77. The molecule has 2 rings (SSSR count). The second-order valence-corrected chi connectivity index (χ2v) is 5.19. The van der Waals surface area contributed by atoms with Crippen molar-refractivity contribution in [3.05, 3.63) is 10.0 Å². The fourth-order valence-electron chi connectivity index (χ4n) is 1.82. The van der Waals surface area contributed by atoms with Crippen molar-refractivity contribution >= 4 is 28.1 Å². The third-order valence-electron chi connectivity index (χ3n) is 2.66. The van der Waals surface area contributed by atoms with Crippen molar-refractivity contribution in [2.45, 2.75) is 32.3 Å². The Morgan fingerprint density at radius 1 is 1.27 bits per heavy atom. The van der Waals surface area contributed by atoms with Crippen LogP contribution in [0.1, 0.15) is 30.6 Å². The van der Waals surface area contributed by atoms with E-state index in [9.17, 15) is 0 Å². The van der Waals surface area contributed by atoms with Crippen LogP contribution in [0.15, 0.2) is 0 Å². The van der Waals surface area contributed by atoms with E-state index in [2.05, 4.69) is 9.88 Å². The number of aliphatic hydroxyl groups excluding tert-OH is 1. The summed E-state index contributed by atoms with van der Waals surface area (Å²) in [6.45, 7) is 2.12. The molecule has 0 saturated carbocycles. The van der Waals surface area contributed by atoms with Crippen LogP contribution in [0, 0.1) is 0 Å². The smallest absolute Gasteiger partial charge is 0.187 e. The lowest BCUT2D eigenvalue weighted by molar-refractivity contribution is 0.285. The highest BCUT2D eigenvalue weighted by Gasteiger charge is 2.15. The molecule has 1 N–H and O–H groups in total. The van der Waals surface area contributed by atoms with Gasteiger partial charge in [0.25, 0.3) is 0 Å². The van der Waals surface area contributed by atoms with Gasteiger partial charge in [-0.05, 0) is 12.8 Å². The number of thiazole rings is 1. The fraction of sp³-hybridized carbons (Fsp3) is 0.700. The number of aliphatic hydroxyl groups is 1. The maximum absolute atomic E-state index is 9.05. The summed E-state index contributed by atoms with van der Waals surface area (Å²) in [7, 11) is 0. The van der Waals surface area contributed by atoms with Gasteiger partial charge in [-0.3, -0.25) is 0 Å². The summed E-state index contributed by atoms with van der Waals surface area (Å²) in [4.78, 5) is 7.35. The molecular weight excluding hydrogens is 232 g/mol. The van der Waals surface area contributed by atoms with Crippen LogP contribution in [0.4, 0.5) is 5.13 Å². The van der Waals surface area contributed by atoms with E-state index in [1.807, 2.05) is 0 Å². The van der Waals surface area contributed by atoms with E-state index in [4.69, 9.17) is 16.7 Å². The third kappa shape index (κ3) is 2.62. The molecule has 1 saturated heterocycles. The number of aromatic nitrogens is 1. The van der Waals surface area contributed by atoms with Gasteiger partial charge in [0.1, 0.15) is 5.15 Å². The summed E-state index contributed by atoms with van der Waals surface area (Å²) < 4.78 is 0. The quantitative estimate of drug-likeness (QED) is 0.872. The number of hydrogen-bond acceptors (Lipinski definition) is 4. The summed E-state index contributed by atoms with van der Waals surface area (Å²) in [5, 5.41) is 10.5. The monoisotopic (exact) mass is 246 g/mol. The van der Waals surface area contributed by atoms with E-state index in [0.717, 1.165) is 23.1 Å². The molecule has 2 heterocycles. The molecule has 0 atom stereocenters. The first-order valence-corrected chi connectivity index (χ1v) is 6.51. The molecule has 1 aromatic heterocycles. The fourth-order valence-corrected chi connectivity index (χ4v) is 2.99. The average Bonchev–Trinajstić information content (AvgIpc) is 2.48. The molecule has 0 bridgehead atoms. The Morgan fingerprint density at radius 3 is 2.47 bits per heavy atom. The lowest BCUT2D eigenvalue weighted by Gasteiger charge is -2.18. The molecule has 1 aromatic rings. The van der Waals surface area contributed by atoms with E-state index in [1.54, 1.807) is 0 Å². The largest absolute Gasteiger partial charge is 0.391 e. The lowest BCUT2D eigenvalue weighted by Crippen LogP contribution is -2.23. The molecule has 0 unspecified atom stereocenters. The van der Waals surface area contributed by atoms with Gasteiger partial charge in [0.2, 0.25) is 0 Å². The zero-order valence-electron chi connectivity index (χ0n) is 8.58. The van der Waals surface area contributed by atoms with Gasteiger partial charge >= 0.3 is 0 Å². The van der Waals surface area contributed by atoms with Crippen LogP contribution in [0.5, 0.6) is 0 Å². The number of nitrogens with zero attached hydrogens (tertiary/aromatic N) is 2. The summed E-state index contributed by atoms with van der Waals surface area (Å²) in [5.41, 5.74) is 0. The van der Waals surface area contributed by atoms with E-state index < -0.39 is 0 Å². The minimum atomic E-state index is -0.00958. The summed E-state index contributed by atoms with van der Waals surface area (Å²) in [6.07, 6.45) is 5.07. The molecule has 1 aliphatic rings. The summed E-state index contributed by atoms with van der Waals surface area (Å²) >= 11 is 7.43. The molecule has 1 aliphatic heterocycles. The van der Waals surface area contributed by atoms with Crippen LogP contribution >= 0.6 is 22.9 Å². The zero-order chi connectivity index (χ0) is 10.7. The molecular formula is C10H15ClN2OS. The molecule has 0 aliphatic carbocycles. The standard InChI is InChI=1S/C10H15ClN2OS/c11-9-8(7-14)15-10(12-9)13-5-3-1-2-4-6-13/h14H,1-7H2. The minimum absolute atomic E-state index is 0.00958. The molecule has 5 heteroatoms. The first-order valence-electron chi connectivity index (χ1n) is 5.32. The topological polar surface area (TPSA) is 36.4 Å². The Morgan fingerprint density at radius 2 is 1.93 bits per heavy atom. The van der Waals surface area contributed by atoms with Crippen molar-refractivity contribution in [3.8, 4) is 0 Å². The number of anilines is 1. The number of halogens is 1. The van der Waals surface area contributed by atoms with Crippen molar-refractivity contribution in [2.75, 3.05) is 18.0 Å². The van der Waals surface area contributed by atoms with Gasteiger partial charge in [-0.2, -0.15) is 0 Å². The normalized spacial score (nSPS) is 17.9. The summed E-state index contributed by atoms with van der Waals surface area (Å²) in [5.74, 6) is 0. The van der Waals surface area contributed by atoms with Gasteiger partial charge in [-0.1, -0.05) is 35.8 Å². The van der Waals surface area contributed by atoms with Gasteiger partial charge in [-0.25, -0.2) is 4.98 Å². The Bertz CT molecular complexity index is 321. The molecule has 3 nitrogen and oxygen atoms in total. The highest BCUT2D eigenvalue weighted by molar-refractivity contribution is 7.16. The van der Waals surface area contributed by atoms with Crippen LogP contribution < -0.4 is 4.90 Å². The van der Waals surface area contributed by atoms with Crippen LogP contribution in [-0.4, -0.2) is 23.2 Å². The van der Waals surface area contributed by atoms with Gasteiger partial charge in [0.15, 0.2) is 5.13 Å². The predicted octanol–water partition coefficient (Wildman–Crippen LogP) is 2.67. The van der Waals surface area contributed by atoms with Gasteiger partial charge in [0, 0.05) is 13.1 Å². The number of rotatable bonds is 2. The molecule has 0 amide bonds. The average molecular weight is 247 g/mol. The van der Waals surface area contributed by atoms with Gasteiger partial charge < -0.3 is 10.0 Å². The lowest BCUT2D eigenvalue weighted by atomic mass is 10.2. The predicted molar refractivity (Wildman–Crippen MR) is 63.7 cm³/mol. The Kier molecular flexibility index (Phi) is 3.83. The highest BCUT2D eigenvalue weighted by Crippen LogP contribution is 2.30. The maximum atomic E-state index is 9.05. The van der Waals surface area contributed by atoms with Crippen LogP contribution in [-0.2, 0) is 6.61 Å². The first kappa shape index (κ1) is 11.2. The molecule has 1 fully saturated rings. The van der Waals surface area contributed by atoms with E-state index >= 15 is 0 Å². The van der Waals surface area contributed by atoms with Gasteiger partial charge in [-0.15, -0.1) is 0 Å². The highest BCUT2D eigenvalue weighted by atomic mass is 35.5. The third-order valence-corrected chi connectivity index (χ3v) is 4.18. The van der Waals surface area contributed by atoms with Crippen LogP contribution in [0.2, 0.25) is 5.15 Å². The molecule has 15 heavy (non-hydrogen) atoms. The van der Waals surface area contributed by atoms with Crippen molar-refractivity contribution in [2.24, 2.45) is 0 Å². The maximum Gasteiger partial charge on any atom is 0.187 e. The number of hydrogen-bond donors (Lipinski definition) is 1. The summed E-state index contributed by atoms with van der Waals surface area (Å²) in [6, 6.07) is 0. The molecule has 0 aromatic carbocycles. The Hall–Kier alpha value is -0.320. The second kappa shape index (κ2) is 5.14. The van der Waals surface area contributed by atoms with E-state index in [0.29, 0.717) is 5.15 Å².